The van der Waals surface area contributed by atoms with Gasteiger partial charge in [-0.05, 0) is 45.6 Å². The molecular weight excluding hydrogens is 429 g/mol. The fraction of sp³-hybridized carbons (Fsp3) is 0.632. The van der Waals surface area contributed by atoms with Crippen molar-refractivity contribution < 1.29 is 9.47 Å². The second kappa shape index (κ2) is 10.9. The number of nitrogens with zero attached hydrogens (tertiary/aromatic N) is 1. The van der Waals surface area contributed by atoms with E-state index in [2.05, 4.69) is 42.5 Å². The van der Waals surface area contributed by atoms with Gasteiger partial charge in [0.25, 0.3) is 0 Å². The topological polar surface area (TPSA) is 54.9 Å². The minimum atomic E-state index is -0.213. The van der Waals surface area contributed by atoms with E-state index in [4.69, 9.17) is 9.47 Å². The molecule has 0 atom stereocenters. The van der Waals surface area contributed by atoms with Gasteiger partial charge in [0.1, 0.15) is 11.4 Å². The molecule has 1 fully saturated rings. The van der Waals surface area contributed by atoms with Crippen molar-refractivity contribution in [1.29, 1.82) is 0 Å². The second-order valence-electron chi connectivity index (χ2n) is 7.19. The molecule has 1 saturated carbocycles. The molecule has 25 heavy (non-hydrogen) atoms. The Kier molecular flexibility index (Phi) is 9.56. The molecule has 0 bridgehead atoms. The Morgan fingerprint density at radius 1 is 1.20 bits per heavy atom. The van der Waals surface area contributed by atoms with Gasteiger partial charge in [-0.3, -0.25) is 4.99 Å². The molecule has 2 rings (SSSR count). The van der Waals surface area contributed by atoms with Gasteiger partial charge in [0.05, 0.1) is 6.61 Å². The summed E-state index contributed by atoms with van der Waals surface area (Å²) in [6.07, 6.45) is 2.65. The van der Waals surface area contributed by atoms with Crippen molar-refractivity contribution in [2.24, 2.45) is 10.9 Å². The second-order valence-corrected chi connectivity index (χ2v) is 7.19. The Bertz CT molecular complexity index is 540. The highest BCUT2D eigenvalue weighted by Crippen LogP contribution is 2.28. The van der Waals surface area contributed by atoms with Crippen LogP contribution in [0.4, 0.5) is 0 Å². The van der Waals surface area contributed by atoms with Gasteiger partial charge >= 0.3 is 0 Å². The van der Waals surface area contributed by atoms with E-state index in [9.17, 15) is 0 Å². The molecule has 1 aliphatic carbocycles. The third kappa shape index (κ3) is 9.30. The molecule has 2 N–H and O–H groups in total. The van der Waals surface area contributed by atoms with E-state index >= 15 is 0 Å². The Morgan fingerprint density at radius 3 is 2.56 bits per heavy atom. The predicted octanol–water partition coefficient (Wildman–Crippen LogP) is 3.57. The summed E-state index contributed by atoms with van der Waals surface area (Å²) < 4.78 is 11.6. The maximum Gasteiger partial charge on any atom is 0.191 e. The minimum absolute atomic E-state index is 0. The first-order chi connectivity index (χ1) is 11.5. The standard InChI is InChI=1S/C19H31N3O2.HI/c1-19(2,3)24-17-8-6-5-7-16(17)13-22-18(20-4)21-11-12-23-14-15-9-10-15;/h5-8,15H,9-14H2,1-4H3,(H2,20,21,22);1H. The summed E-state index contributed by atoms with van der Waals surface area (Å²) in [6, 6.07) is 8.09. The van der Waals surface area contributed by atoms with Gasteiger partial charge in [-0.1, -0.05) is 18.2 Å². The van der Waals surface area contributed by atoms with Gasteiger partial charge in [0, 0.05) is 32.3 Å². The zero-order valence-corrected chi connectivity index (χ0v) is 18.1. The van der Waals surface area contributed by atoms with Crippen LogP contribution in [0.2, 0.25) is 0 Å². The minimum Gasteiger partial charge on any atom is -0.488 e. The summed E-state index contributed by atoms with van der Waals surface area (Å²) in [7, 11) is 1.78. The monoisotopic (exact) mass is 461 g/mol. The SMILES string of the molecule is CN=C(NCCOCC1CC1)NCc1ccccc1OC(C)(C)C.I. The number of hydrogen-bond acceptors (Lipinski definition) is 3. The van der Waals surface area contributed by atoms with E-state index < -0.39 is 0 Å². The van der Waals surface area contributed by atoms with Crippen molar-refractivity contribution in [3.63, 3.8) is 0 Å². The van der Waals surface area contributed by atoms with Gasteiger partial charge in [0.15, 0.2) is 5.96 Å². The summed E-state index contributed by atoms with van der Waals surface area (Å²) in [5.41, 5.74) is 0.898. The van der Waals surface area contributed by atoms with Crippen molar-refractivity contribution in [1.82, 2.24) is 10.6 Å². The molecule has 142 valence electrons. The van der Waals surface area contributed by atoms with Crippen molar-refractivity contribution >= 4 is 29.9 Å². The lowest BCUT2D eigenvalue weighted by molar-refractivity contribution is 0.128. The average Bonchev–Trinajstić information content (AvgIpc) is 3.34. The van der Waals surface area contributed by atoms with Crippen LogP contribution in [0.15, 0.2) is 29.3 Å². The molecule has 1 aliphatic rings. The van der Waals surface area contributed by atoms with Gasteiger partial charge < -0.3 is 20.1 Å². The summed E-state index contributed by atoms with van der Waals surface area (Å²) in [6.45, 7) is 9.19. The van der Waals surface area contributed by atoms with Crippen LogP contribution in [0.3, 0.4) is 0 Å². The third-order valence-corrected chi connectivity index (χ3v) is 3.65. The quantitative estimate of drug-likeness (QED) is 0.269. The first-order valence-electron chi connectivity index (χ1n) is 8.77. The highest BCUT2D eigenvalue weighted by molar-refractivity contribution is 14.0. The number of hydrogen-bond donors (Lipinski definition) is 2. The van der Waals surface area contributed by atoms with Crippen LogP contribution in [-0.2, 0) is 11.3 Å². The molecule has 0 radical (unpaired) electrons. The number of aliphatic imine (C=N–C) groups is 1. The van der Waals surface area contributed by atoms with Gasteiger partial charge in [-0.15, -0.1) is 24.0 Å². The van der Waals surface area contributed by atoms with Gasteiger partial charge in [-0.25, -0.2) is 0 Å². The lowest BCUT2D eigenvalue weighted by Crippen LogP contribution is -2.38. The molecule has 0 heterocycles. The number of nitrogens with one attached hydrogen (secondary N) is 2. The number of guanidine groups is 1. The highest BCUT2D eigenvalue weighted by atomic mass is 127. The van der Waals surface area contributed by atoms with Crippen LogP contribution in [0.5, 0.6) is 5.75 Å². The van der Waals surface area contributed by atoms with Crippen LogP contribution < -0.4 is 15.4 Å². The van der Waals surface area contributed by atoms with Gasteiger partial charge in [0.2, 0.25) is 0 Å². The largest absolute Gasteiger partial charge is 0.488 e. The van der Waals surface area contributed by atoms with Crippen LogP contribution in [-0.4, -0.2) is 38.4 Å². The molecule has 0 aliphatic heterocycles. The smallest absolute Gasteiger partial charge is 0.191 e. The summed E-state index contributed by atoms with van der Waals surface area (Å²) in [5.74, 6) is 2.48. The van der Waals surface area contributed by atoms with Crippen LogP contribution in [0, 0.1) is 5.92 Å². The van der Waals surface area contributed by atoms with Crippen LogP contribution in [0.25, 0.3) is 0 Å². The molecule has 0 saturated heterocycles. The molecular formula is C19H32IN3O2. The van der Waals surface area contributed by atoms with Crippen LogP contribution in [0.1, 0.15) is 39.2 Å². The molecule has 0 amide bonds. The van der Waals surface area contributed by atoms with E-state index in [0.717, 1.165) is 36.3 Å². The predicted molar refractivity (Wildman–Crippen MR) is 114 cm³/mol. The molecule has 0 spiro atoms. The molecule has 0 aromatic heterocycles. The number of ether oxygens (including phenoxy) is 2. The fourth-order valence-corrected chi connectivity index (χ4v) is 2.25. The Hall–Kier alpha value is -1.02. The Balaban J connectivity index is 0.00000312. The molecule has 1 aromatic carbocycles. The van der Waals surface area contributed by atoms with Crippen molar-refractivity contribution in [2.45, 2.75) is 45.8 Å². The van der Waals surface area contributed by atoms with Crippen LogP contribution >= 0.6 is 24.0 Å². The first kappa shape index (κ1) is 22.0. The van der Waals surface area contributed by atoms with E-state index in [1.807, 2.05) is 18.2 Å². The van der Waals surface area contributed by atoms with Crippen molar-refractivity contribution in [3.8, 4) is 5.75 Å². The zero-order valence-electron chi connectivity index (χ0n) is 15.8. The lowest BCUT2D eigenvalue weighted by atomic mass is 10.1. The summed E-state index contributed by atoms with van der Waals surface area (Å²) in [5, 5.41) is 6.60. The molecule has 6 heteroatoms. The number of benzene rings is 1. The lowest BCUT2D eigenvalue weighted by Gasteiger charge is -2.23. The first-order valence-corrected chi connectivity index (χ1v) is 8.77. The maximum atomic E-state index is 6.02. The molecule has 0 unspecified atom stereocenters. The number of rotatable bonds is 8. The maximum absolute atomic E-state index is 6.02. The van der Waals surface area contributed by atoms with E-state index in [1.54, 1.807) is 7.05 Å². The number of para-hydroxylation sites is 1. The summed E-state index contributed by atoms with van der Waals surface area (Å²) in [4.78, 5) is 4.25. The number of halogens is 1. The molecule has 5 nitrogen and oxygen atoms in total. The Morgan fingerprint density at radius 2 is 1.92 bits per heavy atom. The normalized spacial score (nSPS) is 14.6. The van der Waals surface area contributed by atoms with Gasteiger partial charge in [-0.2, -0.15) is 0 Å². The highest BCUT2D eigenvalue weighted by Gasteiger charge is 2.20. The van der Waals surface area contributed by atoms with E-state index in [-0.39, 0.29) is 29.6 Å². The fourth-order valence-electron chi connectivity index (χ4n) is 2.25. The summed E-state index contributed by atoms with van der Waals surface area (Å²) >= 11 is 0. The average molecular weight is 461 g/mol. The molecule has 1 aromatic rings. The zero-order chi connectivity index (χ0) is 17.4. The third-order valence-electron chi connectivity index (χ3n) is 3.65. The van der Waals surface area contributed by atoms with E-state index in [0.29, 0.717) is 13.2 Å². The van der Waals surface area contributed by atoms with Crippen molar-refractivity contribution in [3.05, 3.63) is 29.8 Å². The van der Waals surface area contributed by atoms with E-state index in [1.165, 1.54) is 12.8 Å². The Labute approximate surface area is 169 Å². The van der Waals surface area contributed by atoms with Crippen molar-refractivity contribution in [2.75, 3.05) is 26.8 Å².